The fourth-order valence-corrected chi connectivity index (χ4v) is 2.88. The summed E-state index contributed by atoms with van der Waals surface area (Å²) in [5, 5.41) is 4.35. The Labute approximate surface area is 112 Å². The molecule has 1 aromatic carbocycles. The summed E-state index contributed by atoms with van der Waals surface area (Å²) in [6.45, 7) is 10.0. The van der Waals surface area contributed by atoms with E-state index in [2.05, 4.69) is 37.1 Å². The molecule has 0 unspecified atom stereocenters. The van der Waals surface area contributed by atoms with Crippen LogP contribution in [0.1, 0.15) is 31.4 Å². The van der Waals surface area contributed by atoms with Crippen LogP contribution in [0.15, 0.2) is 6.07 Å². The molecule has 4 heteroatoms. The largest absolute Gasteiger partial charge is 0.494 e. The minimum atomic E-state index is 0.700. The van der Waals surface area contributed by atoms with Crippen LogP contribution in [0.4, 0.5) is 5.13 Å². The Morgan fingerprint density at radius 3 is 2.72 bits per heavy atom. The highest BCUT2D eigenvalue weighted by molar-refractivity contribution is 7.22. The monoisotopic (exact) mass is 264 g/mol. The number of hydrogen-bond acceptors (Lipinski definition) is 4. The SMILES string of the molecule is CCCNc1nc2c(C)c(C)c(OCC)cc2s1. The fraction of sp³-hybridized carbons (Fsp3) is 0.500. The minimum absolute atomic E-state index is 0.700. The van der Waals surface area contributed by atoms with E-state index in [4.69, 9.17) is 4.74 Å². The molecule has 0 fully saturated rings. The molecule has 0 bridgehead atoms. The summed E-state index contributed by atoms with van der Waals surface area (Å²) in [6.07, 6.45) is 1.11. The van der Waals surface area contributed by atoms with Gasteiger partial charge in [0.25, 0.3) is 0 Å². The summed E-state index contributed by atoms with van der Waals surface area (Å²) in [7, 11) is 0. The molecule has 0 atom stereocenters. The molecule has 98 valence electrons. The molecular formula is C14H20N2OS. The van der Waals surface area contributed by atoms with Gasteiger partial charge in [-0.15, -0.1) is 0 Å². The Bertz CT molecular complexity index is 548. The first kappa shape index (κ1) is 13.1. The third kappa shape index (κ3) is 2.43. The van der Waals surface area contributed by atoms with Gasteiger partial charge in [0, 0.05) is 6.54 Å². The number of hydrogen-bond donors (Lipinski definition) is 1. The zero-order chi connectivity index (χ0) is 13.1. The van der Waals surface area contributed by atoms with Gasteiger partial charge in [-0.2, -0.15) is 0 Å². The number of fused-ring (bicyclic) bond motifs is 1. The second-order valence-corrected chi connectivity index (χ2v) is 5.38. The maximum atomic E-state index is 5.67. The second kappa shape index (κ2) is 5.57. The van der Waals surface area contributed by atoms with Gasteiger partial charge in [0.05, 0.1) is 16.8 Å². The first-order chi connectivity index (χ1) is 8.67. The smallest absolute Gasteiger partial charge is 0.183 e. The molecular weight excluding hydrogens is 244 g/mol. The lowest BCUT2D eigenvalue weighted by Gasteiger charge is -2.09. The molecule has 1 aromatic heterocycles. The van der Waals surface area contributed by atoms with E-state index < -0.39 is 0 Å². The van der Waals surface area contributed by atoms with Crippen LogP contribution in [0.3, 0.4) is 0 Å². The number of anilines is 1. The van der Waals surface area contributed by atoms with Crippen molar-refractivity contribution < 1.29 is 4.74 Å². The van der Waals surface area contributed by atoms with Crippen molar-refractivity contribution in [2.24, 2.45) is 0 Å². The second-order valence-electron chi connectivity index (χ2n) is 4.35. The van der Waals surface area contributed by atoms with Gasteiger partial charge in [0.1, 0.15) is 5.75 Å². The van der Waals surface area contributed by atoms with Gasteiger partial charge in [-0.1, -0.05) is 18.3 Å². The van der Waals surface area contributed by atoms with Crippen molar-refractivity contribution in [1.82, 2.24) is 4.98 Å². The maximum absolute atomic E-state index is 5.67. The van der Waals surface area contributed by atoms with Crippen molar-refractivity contribution >= 4 is 26.7 Å². The number of thiazole rings is 1. The Morgan fingerprint density at radius 1 is 1.28 bits per heavy atom. The highest BCUT2D eigenvalue weighted by Gasteiger charge is 2.12. The molecule has 0 saturated carbocycles. The van der Waals surface area contributed by atoms with E-state index in [1.165, 1.54) is 15.8 Å². The fourth-order valence-electron chi connectivity index (χ4n) is 1.90. The summed E-state index contributed by atoms with van der Waals surface area (Å²) in [6, 6.07) is 2.11. The molecule has 0 radical (unpaired) electrons. The minimum Gasteiger partial charge on any atom is -0.494 e. The van der Waals surface area contributed by atoms with Crippen LogP contribution in [0, 0.1) is 13.8 Å². The van der Waals surface area contributed by atoms with Gasteiger partial charge in [-0.25, -0.2) is 4.98 Å². The maximum Gasteiger partial charge on any atom is 0.183 e. The van der Waals surface area contributed by atoms with Crippen molar-refractivity contribution in [3.63, 3.8) is 0 Å². The molecule has 2 aromatic rings. The van der Waals surface area contributed by atoms with E-state index in [9.17, 15) is 0 Å². The van der Waals surface area contributed by atoms with Crippen LogP contribution < -0.4 is 10.1 Å². The lowest BCUT2D eigenvalue weighted by molar-refractivity contribution is 0.338. The number of benzene rings is 1. The average molecular weight is 264 g/mol. The Hall–Kier alpha value is -1.29. The quantitative estimate of drug-likeness (QED) is 0.881. The molecule has 0 aliphatic rings. The standard InChI is InChI=1S/C14H20N2OS/c1-5-7-15-14-16-13-10(4)9(3)11(17-6-2)8-12(13)18-14/h8H,5-7H2,1-4H3,(H,15,16). The van der Waals surface area contributed by atoms with Crippen LogP contribution >= 0.6 is 11.3 Å². The predicted octanol–water partition coefficient (Wildman–Crippen LogP) is 4.13. The number of aryl methyl sites for hydroxylation is 1. The van der Waals surface area contributed by atoms with Gasteiger partial charge in [-0.05, 0) is 44.4 Å². The molecule has 0 saturated heterocycles. The summed E-state index contributed by atoms with van der Waals surface area (Å²) in [5.74, 6) is 0.980. The van der Waals surface area contributed by atoms with Crippen LogP contribution in [-0.2, 0) is 0 Å². The first-order valence-electron chi connectivity index (χ1n) is 6.44. The molecule has 0 aliphatic carbocycles. The number of rotatable bonds is 5. The summed E-state index contributed by atoms with van der Waals surface area (Å²) >= 11 is 1.70. The van der Waals surface area contributed by atoms with E-state index >= 15 is 0 Å². The van der Waals surface area contributed by atoms with Gasteiger partial charge in [0.2, 0.25) is 0 Å². The summed E-state index contributed by atoms with van der Waals surface area (Å²) < 4.78 is 6.87. The van der Waals surface area contributed by atoms with Crippen molar-refractivity contribution in [1.29, 1.82) is 0 Å². The van der Waals surface area contributed by atoms with Crippen molar-refractivity contribution in [2.75, 3.05) is 18.5 Å². The third-order valence-electron chi connectivity index (χ3n) is 3.03. The lowest BCUT2D eigenvalue weighted by atomic mass is 10.1. The Balaban J connectivity index is 2.45. The molecule has 3 nitrogen and oxygen atoms in total. The van der Waals surface area contributed by atoms with Gasteiger partial charge in [-0.3, -0.25) is 0 Å². The van der Waals surface area contributed by atoms with Gasteiger partial charge >= 0.3 is 0 Å². The third-order valence-corrected chi connectivity index (χ3v) is 3.99. The van der Waals surface area contributed by atoms with E-state index in [1.54, 1.807) is 11.3 Å². The summed E-state index contributed by atoms with van der Waals surface area (Å²) in [4.78, 5) is 4.66. The highest BCUT2D eigenvalue weighted by Crippen LogP contribution is 2.35. The predicted molar refractivity (Wildman–Crippen MR) is 79.0 cm³/mol. The molecule has 0 spiro atoms. The van der Waals surface area contributed by atoms with E-state index in [0.717, 1.165) is 29.4 Å². The zero-order valence-electron chi connectivity index (χ0n) is 11.5. The summed E-state index contributed by atoms with van der Waals surface area (Å²) in [5.41, 5.74) is 3.51. The number of ether oxygens (including phenoxy) is 1. The van der Waals surface area contributed by atoms with Crippen LogP contribution in [0.2, 0.25) is 0 Å². The van der Waals surface area contributed by atoms with E-state index in [-0.39, 0.29) is 0 Å². The Morgan fingerprint density at radius 2 is 2.06 bits per heavy atom. The normalized spacial score (nSPS) is 10.9. The Kier molecular flexibility index (Phi) is 4.07. The average Bonchev–Trinajstić information content (AvgIpc) is 2.76. The van der Waals surface area contributed by atoms with Gasteiger partial charge in [0.15, 0.2) is 5.13 Å². The van der Waals surface area contributed by atoms with Crippen molar-refractivity contribution in [3.05, 3.63) is 17.2 Å². The molecule has 1 N–H and O–H groups in total. The zero-order valence-corrected chi connectivity index (χ0v) is 12.3. The van der Waals surface area contributed by atoms with E-state index in [0.29, 0.717) is 6.61 Å². The number of nitrogens with one attached hydrogen (secondary N) is 1. The topological polar surface area (TPSA) is 34.2 Å². The number of aromatic nitrogens is 1. The molecule has 2 rings (SSSR count). The first-order valence-corrected chi connectivity index (χ1v) is 7.26. The van der Waals surface area contributed by atoms with Gasteiger partial charge < -0.3 is 10.1 Å². The molecule has 0 amide bonds. The van der Waals surface area contributed by atoms with Crippen molar-refractivity contribution in [3.8, 4) is 5.75 Å². The lowest BCUT2D eigenvalue weighted by Crippen LogP contribution is -1.98. The van der Waals surface area contributed by atoms with Crippen LogP contribution in [0.25, 0.3) is 10.2 Å². The number of nitrogens with zero attached hydrogens (tertiary/aromatic N) is 1. The molecule has 0 aliphatic heterocycles. The highest BCUT2D eigenvalue weighted by atomic mass is 32.1. The van der Waals surface area contributed by atoms with E-state index in [1.807, 2.05) is 6.92 Å². The van der Waals surface area contributed by atoms with Crippen molar-refractivity contribution in [2.45, 2.75) is 34.1 Å². The van der Waals surface area contributed by atoms with Crippen LogP contribution in [0.5, 0.6) is 5.75 Å². The molecule has 18 heavy (non-hydrogen) atoms. The molecule has 1 heterocycles. The van der Waals surface area contributed by atoms with Crippen LogP contribution in [-0.4, -0.2) is 18.1 Å².